The maximum Gasteiger partial charge on any atom is 0.306 e. The van der Waals surface area contributed by atoms with Crippen molar-refractivity contribution in [3.05, 3.63) is 0 Å². The Morgan fingerprint density at radius 2 is 0.966 bits per heavy atom. The van der Waals surface area contributed by atoms with Gasteiger partial charge in [0, 0.05) is 7.26 Å². The van der Waals surface area contributed by atoms with Crippen molar-refractivity contribution in [1.29, 1.82) is 0 Å². The molecule has 0 aliphatic rings. The number of carboxylic acids is 1. The third-order valence-corrected chi connectivity index (χ3v) is 11.1. The maximum atomic E-state index is 10.5. The van der Waals surface area contributed by atoms with Crippen LogP contribution in [0.25, 0.3) is 0 Å². The minimum absolute atomic E-state index is 0.102. The summed E-state index contributed by atoms with van der Waals surface area (Å²) in [6.07, 6.45) is 24.5. The van der Waals surface area contributed by atoms with E-state index in [-0.39, 0.29) is 5.92 Å². The molecular weight excluding hydrogens is 375 g/mol. The maximum absolute atomic E-state index is 10.5. The molecule has 0 aliphatic heterocycles. The van der Waals surface area contributed by atoms with Crippen LogP contribution in [0.2, 0.25) is 0 Å². The molecule has 0 radical (unpaired) electrons. The molecule has 176 valence electrons. The smallest absolute Gasteiger partial charge is 0.306 e. The molecule has 0 saturated carbocycles. The Labute approximate surface area is 185 Å². The summed E-state index contributed by atoms with van der Waals surface area (Å²) in [5.74, 6) is -0.737. The van der Waals surface area contributed by atoms with Gasteiger partial charge in [-0.1, -0.05) is 86.5 Å². The summed E-state index contributed by atoms with van der Waals surface area (Å²) < 4.78 is 0. The Hall–Kier alpha value is -0.100. The number of rotatable bonds is 19. The lowest BCUT2D eigenvalue weighted by Crippen LogP contribution is -2.12. The molecule has 0 unspecified atom stereocenters. The molecule has 0 amide bonds. The van der Waals surface area contributed by atoms with Crippen LogP contribution in [-0.4, -0.2) is 35.7 Å². The highest BCUT2D eigenvalue weighted by atomic mass is 31.2. The number of unbranched alkanes of at least 4 members (excludes halogenated alkanes) is 6. The van der Waals surface area contributed by atoms with E-state index in [0.717, 1.165) is 25.7 Å². The van der Waals surface area contributed by atoms with Crippen molar-refractivity contribution in [2.24, 2.45) is 5.92 Å². The van der Waals surface area contributed by atoms with E-state index in [4.69, 9.17) is 5.11 Å². The molecular formula is C26H56O2P+. The van der Waals surface area contributed by atoms with Crippen molar-refractivity contribution in [2.75, 3.05) is 24.6 Å². The highest BCUT2D eigenvalue weighted by Crippen LogP contribution is 2.61. The highest BCUT2D eigenvalue weighted by Gasteiger charge is 2.34. The average molecular weight is 432 g/mol. The zero-order valence-electron chi connectivity index (χ0n) is 21.1. The lowest BCUT2D eigenvalue weighted by molar-refractivity contribution is -0.142. The second kappa shape index (κ2) is 22.6. The summed E-state index contributed by atoms with van der Waals surface area (Å²) in [5, 5.41) is 8.64. The molecule has 0 aromatic carbocycles. The number of carboxylic acid groups (broad SMARTS) is 1. The van der Waals surface area contributed by atoms with Gasteiger partial charge in [0.2, 0.25) is 0 Å². The first-order chi connectivity index (χ1) is 14.0. The van der Waals surface area contributed by atoms with Gasteiger partial charge in [-0.15, -0.1) is 0 Å². The van der Waals surface area contributed by atoms with Crippen LogP contribution in [-0.2, 0) is 4.79 Å². The van der Waals surface area contributed by atoms with Crippen molar-refractivity contribution in [2.45, 2.75) is 131 Å². The molecule has 3 heteroatoms. The zero-order chi connectivity index (χ0) is 22.4. The van der Waals surface area contributed by atoms with Gasteiger partial charge in [0.05, 0.1) is 30.6 Å². The van der Waals surface area contributed by atoms with Gasteiger partial charge in [-0.25, -0.2) is 0 Å². The van der Waals surface area contributed by atoms with Gasteiger partial charge in [0.25, 0.3) is 0 Å². The van der Waals surface area contributed by atoms with Crippen LogP contribution >= 0.6 is 7.26 Å². The molecule has 0 saturated heterocycles. The Bertz CT molecular complexity index is 316. The summed E-state index contributed by atoms with van der Waals surface area (Å²) in [4.78, 5) is 10.5. The Morgan fingerprint density at radius 3 is 1.28 bits per heavy atom. The molecule has 0 rings (SSSR count). The molecule has 0 aromatic heterocycles. The first-order valence-corrected chi connectivity index (χ1v) is 15.6. The molecule has 1 N–H and O–H groups in total. The second-order valence-electron chi connectivity index (χ2n) is 8.97. The van der Waals surface area contributed by atoms with E-state index in [1.807, 2.05) is 13.8 Å². The molecule has 0 fully saturated rings. The highest BCUT2D eigenvalue weighted by molar-refractivity contribution is 7.75. The minimum atomic E-state index is -0.635. The van der Waals surface area contributed by atoms with E-state index < -0.39 is 13.2 Å². The van der Waals surface area contributed by atoms with Crippen molar-refractivity contribution in [3.63, 3.8) is 0 Å². The number of hydrogen-bond donors (Lipinski definition) is 1. The third-order valence-electron chi connectivity index (χ3n) is 6.07. The summed E-state index contributed by atoms with van der Waals surface area (Å²) in [6, 6.07) is 0. The molecule has 0 spiro atoms. The van der Waals surface area contributed by atoms with Gasteiger partial charge < -0.3 is 5.11 Å². The van der Waals surface area contributed by atoms with E-state index in [9.17, 15) is 4.79 Å². The van der Waals surface area contributed by atoms with Gasteiger partial charge in [-0.3, -0.25) is 4.79 Å². The van der Waals surface area contributed by atoms with E-state index in [0.29, 0.717) is 0 Å². The zero-order valence-corrected chi connectivity index (χ0v) is 22.0. The first kappa shape index (κ1) is 31.1. The van der Waals surface area contributed by atoms with Crippen molar-refractivity contribution in [1.82, 2.24) is 0 Å². The minimum Gasteiger partial charge on any atom is -0.481 e. The number of aliphatic carboxylic acids is 1. The largest absolute Gasteiger partial charge is 0.481 e. The predicted octanol–water partition coefficient (Wildman–Crippen LogP) is 9.27. The van der Waals surface area contributed by atoms with Crippen LogP contribution in [0.15, 0.2) is 0 Å². The van der Waals surface area contributed by atoms with Gasteiger partial charge in [0.1, 0.15) is 0 Å². The fourth-order valence-electron chi connectivity index (χ4n) is 4.11. The predicted molar refractivity (Wildman–Crippen MR) is 136 cm³/mol. The standard InChI is InChI=1S/C18H40P.C8H16O2/c1-5-9-13-14-18-19(15-10-6-2,16-11-7-3)17-12-8-4;1-3-5-7(6-4-2)8(9)10/h5-18H2,1-4H3;7H,3-6H2,1-2H3,(H,9,10)/q+1;. The molecule has 0 aromatic rings. The lowest BCUT2D eigenvalue weighted by Gasteiger charge is -2.28. The lowest BCUT2D eigenvalue weighted by atomic mass is 9.99. The molecule has 0 aliphatic carbocycles. The van der Waals surface area contributed by atoms with Gasteiger partial charge in [-0.05, 0) is 44.9 Å². The quantitative estimate of drug-likeness (QED) is 0.163. The third kappa shape index (κ3) is 18.4. The second-order valence-corrected chi connectivity index (χ2v) is 13.4. The molecule has 2 nitrogen and oxygen atoms in total. The van der Waals surface area contributed by atoms with Crippen LogP contribution in [0.3, 0.4) is 0 Å². The van der Waals surface area contributed by atoms with Gasteiger partial charge in [-0.2, -0.15) is 0 Å². The molecule has 0 bridgehead atoms. The van der Waals surface area contributed by atoms with Gasteiger partial charge >= 0.3 is 5.97 Å². The summed E-state index contributed by atoms with van der Waals surface area (Å²) in [7, 11) is -0.586. The van der Waals surface area contributed by atoms with E-state index in [2.05, 4.69) is 27.7 Å². The van der Waals surface area contributed by atoms with Crippen molar-refractivity contribution >= 4 is 13.2 Å². The van der Waals surface area contributed by atoms with E-state index in [1.54, 1.807) is 24.6 Å². The average Bonchev–Trinajstić information content (AvgIpc) is 2.72. The molecule has 0 atom stereocenters. The first-order valence-electron chi connectivity index (χ1n) is 13.0. The summed E-state index contributed by atoms with van der Waals surface area (Å²) in [6.45, 7) is 13.5. The van der Waals surface area contributed by atoms with Crippen molar-refractivity contribution < 1.29 is 9.90 Å². The number of carbonyl (C=O) groups is 1. The Morgan fingerprint density at radius 1 is 0.586 bits per heavy atom. The van der Waals surface area contributed by atoms with E-state index >= 15 is 0 Å². The van der Waals surface area contributed by atoms with Crippen LogP contribution < -0.4 is 0 Å². The normalized spacial score (nSPS) is 11.4. The Balaban J connectivity index is 0. The van der Waals surface area contributed by atoms with Crippen LogP contribution in [0.1, 0.15) is 131 Å². The van der Waals surface area contributed by atoms with E-state index in [1.165, 1.54) is 64.2 Å². The van der Waals surface area contributed by atoms with Crippen LogP contribution in [0, 0.1) is 5.92 Å². The summed E-state index contributed by atoms with van der Waals surface area (Å²) >= 11 is 0. The van der Waals surface area contributed by atoms with Crippen LogP contribution in [0.4, 0.5) is 0 Å². The van der Waals surface area contributed by atoms with Crippen LogP contribution in [0.5, 0.6) is 0 Å². The Kier molecular flexibility index (Phi) is 24.2. The molecule has 29 heavy (non-hydrogen) atoms. The topological polar surface area (TPSA) is 37.3 Å². The number of hydrogen-bond acceptors (Lipinski definition) is 1. The molecule has 0 heterocycles. The van der Waals surface area contributed by atoms with Gasteiger partial charge in [0.15, 0.2) is 0 Å². The van der Waals surface area contributed by atoms with Crippen molar-refractivity contribution in [3.8, 4) is 0 Å². The fourth-order valence-corrected chi connectivity index (χ4v) is 9.31. The monoisotopic (exact) mass is 431 g/mol. The summed E-state index contributed by atoms with van der Waals surface area (Å²) in [5.41, 5.74) is 0. The fraction of sp³-hybridized carbons (Fsp3) is 0.962. The SMILES string of the molecule is CCCC(CCC)C(=O)O.CCCCCC[P+](CCCC)(CCCC)CCCC.